The Labute approximate surface area is 118 Å². The number of aryl methyl sites for hydroxylation is 1. The van der Waals surface area contributed by atoms with Gasteiger partial charge in [0.2, 0.25) is 0 Å². The van der Waals surface area contributed by atoms with E-state index in [1.54, 1.807) is 6.42 Å². The Bertz CT molecular complexity index is 433. The highest BCUT2D eigenvalue weighted by Crippen LogP contribution is 2.73. The molecule has 1 heteroatoms. The summed E-state index contributed by atoms with van der Waals surface area (Å²) in [5.41, 5.74) is 2.96. The number of fused-ring (bicyclic) bond motifs is 5. The molecule has 0 N–H and O–H groups in total. The van der Waals surface area contributed by atoms with Crippen LogP contribution in [0, 0.1) is 29.6 Å². The van der Waals surface area contributed by atoms with Gasteiger partial charge >= 0.3 is 0 Å². The Morgan fingerprint density at radius 1 is 1.11 bits per heavy atom. The number of halogens is 1. The summed E-state index contributed by atoms with van der Waals surface area (Å²) >= 11 is 4.00. The van der Waals surface area contributed by atoms with Gasteiger partial charge in [0.15, 0.2) is 0 Å². The first-order valence-corrected chi connectivity index (χ1v) is 8.44. The van der Waals surface area contributed by atoms with Crippen molar-refractivity contribution in [3.63, 3.8) is 0 Å². The van der Waals surface area contributed by atoms with Crippen LogP contribution in [0.2, 0.25) is 0 Å². The molecule has 0 nitrogen and oxygen atoms in total. The predicted octanol–water partition coefficient (Wildman–Crippen LogP) is 4.98. The van der Waals surface area contributed by atoms with Gasteiger partial charge in [0, 0.05) is 4.83 Å². The van der Waals surface area contributed by atoms with E-state index in [9.17, 15) is 0 Å². The Balaban J connectivity index is 1.52. The zero-order valence-electron chi connectivity index (χ0n) is 11.0. The van der Waals surface area contributed by atoms with Crippen LogP contribution in [0.1, 0.15) is 42.1 Å². The van der Waals surface area contributed by atoms with E-state index in [1.165, 1.54) is 24.0 Å². The molecule has 18 heavy (non-hydrogen) atoms. The molecule has 0 saturated heterocycles. The maximum Gasteiger partial charge on any atom is 0.0429 e. The van der Waals surface area contributed by atoms with Crippen LogP contribution in [0.25, 0.3) is 0 Å². The lowest BCUT2D eigenvalue weighted by Crippen LogP contribution is -2.04. The molecule has 0 aromatic heterocycles. The monoisotopic (exact) mass is 304 g/mol. The highest BCUT2D eigenvalue weighted by molar-refractivity contribution is 9.09. The number of hydrogen-bond donors (Lipinski definition) is 0. The van der Waals surface area contributed by atoms with E-state index in [0.717, 1.165) is 36.0 Å². The van der Waals surface area contributed by atoms with Gasteiger partial charge in [0.25, 0.3) is 0 Å². The molecule has 3 fully saturated rings. The molecule has 3 saturated carbocycles. The SMILES string of the molecule is CCc1ccc(C(Br)C2C3C4CCC(C4)C32)cc1. The van der Waals surface area contributed by atoms with Crippen LogP contribution < -0.4 is 0 Å². The maximum absolute atomic E-state index is 4.00. The number of hydrogen-bond acceptors (Lipinski definition) is 0. The van der Waals surface area contributed by atoms with Crippen molar-refractivity contribution < 1.29 is 0 Å². The quantitative estimate of drug-likeness (QED) is 0.691. The minimum atomic E-state index is 0.613. The van der Waals surface area contributed by atoms with Crippen molar-refractivity contribution in [2.75, 3.05) is 0 Å². The fourth-order valence-corrected chi connectivity index (χ4v) is 5.95. The average molecular weight is 305 g/mol. The second-order valence-corrected chi connectivity index (χ2v) is 7.55. The second-order valence-electron chi connectivity index (χ2n) is 6.56. The summed E-state index contributed by atoms with van der Waals surface area (Å²) in [6.45, 7) is 2.23. The lowest BCUT2D eigenvalue weighted by molar-refractivity contribution is 0.456. The topological polar surface area (TPSA) is 0 Å². The van der Waals surface area contributed by atoms with Crippen molar-refractivity contribution in [3.05, 3.63) is 35.4 Å². The largest absolute Gasteiger partial charge is 0.0836 e. The normalized spacial score (nSPS) is 41.8. The number of rotatable bonds is 3. The molecule has 1 aromatic carbocycles. The zero-order valence-corrected chi connectivity index (χ0v) is 12.6. The molecule has 0 radical (unpaired) electrons. The summed E-state index contributed by atoms with van der Waals surface area (Å²) in [7, 11) is 0. The summed E-state index contributed by atoms with van der Waals surface area (Å²) in [6.07, 6.45) is 5.75. The van der Waals surface area contributed by atoms with Crippen LogP contribution in [0.4, 0.5) is 0 Å². The molecular formula is C17H21Br. The maximum atomic E-state index is 4.00. The molecule has 3 aliphatic carbocycles. The van der Waals surface area contributed by atoms with E-state index in [4.69, 9.17) is 0 Å². The molecular weight excluding hydrogens is 284 g/mol. The fourth-order valence-electron chi connectivity index (χ4n) is 4.94. The highest BCUT2D eigenvalue weighted by Gasteiger charge is 2.66. The lowest BCUT2D eigenvalue weighted by Gasteiger charge is -2.15. The zero-order chi connectivity index (χ0) is 12.3. The molecule has 0 heterocycles. The third-order valence-electron chi connectivity index (χ3n) is 5.84. The summed E-state index contributed by atoms with van der Waals surface area (Å²) in [5, 5.41) is 0. The molecule has 2 bridgehead atoms. The van der Waals surface area contributed by atoms with E-state index < -0.39 is 0 Å². The van der Waals surface area contributed by atoms with Crippen LogP contribution in [0.5, 0.6) is 0 Å². The van der Waals surface area contributed by atoms with Gasteiger partial charge in [-0.2, -0.15) is 0 Å². The third-order valence-corrected chi connectivity index (χ3v) is 6.98. The van der Waals surface area contributed by atoms with Crippen molar-refractivity contribution in [3.8, 4) is 0 Å². The summed E-state index contributed by atoms with van der Waals surface area (Å²) in [6, 6.07) is 9.29. The van der Waals surface area contributed by atoms with Gasteiger partial charge in [-0.3, -0.25) is 0 Å². The highest BCUT2D eigenvalue weighted by atomic mass is 79.9. The molecule has 0 spiro atoms. The van der Waals surface area contributed by atoms with Crippen molar-refractivity contribution >= 4 is 15.9 Å². The van der Waals surface area contributed by atoms with Crippen LogP contribution in [0.3, 0.4) is 0 Å². The minimum absolute atomic E-state index is 0.613. The molecule has 0 aliphatic heterocycles. The second kappa shape index (κ2) is 4.10. The van der Waals surface area contributed by atoms with Gasteiger partial charge in [-0.15, -0.1) is 0 Å². The molecule has 96 valence electrons. The summed E-state index contributed by atoms with van der Waals surface area (Å²) < 4.78 is 0. The minimum Gasteiger partial charge on any atom is -0.0836 e. The number of benzene rings is 1. The smallest absolute Gasteiger partial charge is 0.0429 e. The molecule has 5 atom stereocenters. The fraction of sp³-hybridized carbons (Fsp3) is 0.647. The van der Waals surface area contributed by atoms with Gasteiger partial charge in [-0.05, 0) is 66.4 Å². The Morgan fingerprint density at radius 3 is 2.28 bits per heavy atom. The van der Waals surface area contributed by atoms with Crippen LogP contribution >= 0.6 is 15.9 Å². The van der Waals surface area contributed by atoms with Gasteiger partial charge in [-0.1, -0.05) is 47.1 Å². The van der Waals surface area contributed by atoms with Crippen LogP contribution in [-0.2, 0) is 6.42 Å². The first-order valence-electron chi connectivity index (χ1n) is 7.52. The van der Waals surface area contributed by atoms with E-state index in [0.29, 0.717) is 4.83 Å². The lowest BCUT2D eigenvalue weighted by atomic mass is 9.96. The number of alkyl halides is 1. The van der Waals surface area contributed by atoms with E-state index in [-0.39, 0.29) is 0 Å². The molecule has 0 amide bonds. The van der Waals surface area contributed by atoms with E-state index >= 15 is 0 Å². The molecule has 4 rings (SSSR count). The summed E-state index contributed by atoms with van der Waals surface area (Å²) in [5.74, 6) is 5.25. The predicted molar refractivity (Wildman–Crippen MR) is 78.8 cm³/mol. The van der Waals surface area contributed by atoms with E-state index in [2.05, 4.69) is 47.1 Å². The first kappa shape index (κ1) is 11.5. The van der Waals surface area contributed by atoms with Crippen LogP contribution in [-0.4, -0.2) is 0 Å². The van der Waals surface area contributed by atoms with Crippen LogP contribution in [0.15, 0.2) is 24.3 Å². The standard InChI is InChI=1S/C17H21Br/c1-2-10-3-5-11(6-4-10)17(18)16-14-12-7-8-13(9-12)15(14)16/h3-6,12-17H,2,7-9H2,1H3. The van der Waals surface area contributed by atoms with Gasteiger partial charge in [0.05, 0.1) is 0 Å². The summed E-state index contributed by atoms with van der Waals surface area (Å²) in [4.78, 5) is 0.613. The van der Waals surface area contributed by atoms with E-state index in [1.807, 2.05) is 0 Å². The Morgan fingerprint density at radius 2 is 1.72 bits per heavy atom. The van der Waals surface area contributed by atoms with Gasteiger partial charge in [-0.25, -0.2) is 0 Å². The van der Waals surface area contributed by atoms with Gasteiger partial charge < -0.3 is 0 Å². The van der Waals surface area contributed by atoms with Crippen molar-refractivity contribution in [2.45, 2.75) is 37.4 Å². The molecule has 1 aromatic rings. The molecule has 3 aliphatic rings. The third kappa shape index (κ3) is 1.56. The molecule has 5 unspecified atom stereocenters. The van der Waals surface area contributed by atoms with Gasteiger partial charge in [0.1, 0.15) is 0 Å². The first-order chi connectivity index (χ1) is 8.79. The Hall–Kier alpha value is -0.300. The Kier molecular flexibility index (Phi) is 2.62. The van der Waals surface area contributed by atoms with Crippen molar-refractivity contribution in [2.24, 2.45) is 29.6 Å². The van der Waals surface area contributed by atoms with Crippen molar-refractivity contribution in [1.29, 1.82) is 0 Å². The average Bonchev–Trinajstić information content (AvgIpc) is 2.85. The van der Waals surface area contributed by atoms with Crippen molar-refractivity contribution in [1.82, 2.24) is 0 Å².